The SMILES string of the molecule is c1ccc([P@]2COc3cccc(-c4cccc5c4[P@](c4ccccc4)CO5)c32)cc1. The zero-order chi connectivity index (χ0) is 19.9. The minimum absolute atomic E-state index is 0.531. The van der Waals surface area contributed by atoms with Crippen LogP contribution in [0.25, 0.3) is 11.1 Å². The molecule has 0 spiro atoms. The van der Waals surface area contributed by atoms with Gasteiger partial charge in [-0.2, -0.15) is 0 Å². The second-order valence-corrected chi connectivity index (χ2v) is 11.5. The molecule has 146 valence electrons. The highest BCUT2D eigenvalue weighted by atomic mass is 31.1. The van der Waals surface area contributed by atoms with Crippen LogP contribution >= 0.6 is 15.8 Å². The molecule has 2 atom stereocenters. The van der Waals surface area contributed by atoms with Gasteiger partial charge in [0.15, 0.2) is 0 Å². The van der Waals surface area contributed by atoms with Gasteiger partial charge in [-0.3, -0.25) is 0 Å². The second-order valence-electron chi connectivity index (χ2n) is 7.38. The molecule has 2 aliphatic rings. The van der Waals surface area contributed by atoms with Crippen molar-refractivity contribution in [2.75, 3.05) is 12.7 Å². The highest BCUT2D eigenvalue weighted by Crippen LogP contribution is 2.50. The van der Waals surface area contributed by atoms with Gasteiger partial charge in [0, 0.05) is 10.6 Å². The van der Waals surface area contributed by atoms with Gasteiger partial charge in [-0.15, -0.1) is 0 Å². The zero-order valence-corrected chi connectivity index (χ0v) is 18.2. The molecule has 4 heteroatoms. The van der Waals surface area contributed by atoms with Crippen LogP contribution in [0.3, 0.4) is 0 Å². The van der Waals surface area contributed by atoms with Crippen LogP contribution in [-0.4, -0.2) is 12.7 Å². The Hall–Kier alpha value is -2.66. The summed E-state index contributed by atoms with van der Waals surface area (Å²) >= 11 is 0. The lowest BCUT2D eigenvalue weighted by molar-refractivity contribution is 0.402. The maximum absolute atomic E-state index is 6.16. The molecule has 0 saturated heterocycles. The average Bonchev–Trinajstić information content (AvgIpc) is 3.45. The minimum Gasteiger partial charge on any atom is -0.488 e. The van der Waals surface area contributed by atoms with Gasteiger partial charge < -0.3 is 9.47 Å². The molecule has 0 unspecified atom stereocenters. The van der Waals surface area contributed by atoms with E-state index in [1.54, 1.807) is 0 Å². The Morgan fingerprint density at radius 2 is 0.900 bits per heavy atom. The third kappa shape index (κ3) is 2.95. The summed E-state index contributed by atoms with van der Waals surface area (Å²) in [6.07, 6.45) is 1.51. The maximum atomic E-state index is 6.16. The van der Waals surface area contributed by atoms with Crippen molar-refractivity contribution in [3.63, 3.8) is 0 Å². The Bertz CT molecular complexity index is 1110. The molecule has 4 aromatic rings. The fraction of sp³-hybridized carbons (Fsp3) is 0.0769. The fourth-order valence-electron chi connectivity index (χ4n) is 4.29. The number of ether oxygens (including phenoxy) is 2. The van der Waals surface area contributed by atoms with Crippen LogP contribution in [0.15, 0.2) is 97.1 Å². The van der Waals surface area contributed by atoms with E-state index in [2.05, 4.69) is 97.1 Å². The summed E-state index contributed by atoms with van der Waals surface area (Å²) in [5.41, 5.74) is 2.59. The second kappa shape index (κ2) is 7.55. The fourth-order valence-corrected chi connectivity index (χ4v) is 8.74. The molecule has 0 amide bonds. The predicted octanol–water partition coefficient (Wildman–Crippen LogP) is 4.92. The van der Waals surface area contributed by atoms with Gasteiger partial charge in [-0.25, -0.2) is 0 Å². The maximum Gasteiger partial charge on any atom is 0.128 e. The minimum atomic E-state index is -0.531. The van der Waals surface area contributed by atoms with Gasteiger partial charge in [0.05, 0.1) is 0 Å². The summed E-state index contributed by atoms with van der Waals surface area (Å²) in [4.78, 5) is 0. The van der Waals surface area contributed by atoms with Crippen LogP contribution in [0.1, 0.15) is 0 Å². The van der Waals surface area contributed by atoms with Crippen LogP contribution < -0.4 is 30.7 Å². The number of benzene rings is 4. The zero-order valence-electron chi connectivity index (χ0n) is 16.4. The van der Waals surface area contributed by atoms with E-state index in [1.807, 2.05) is 0 Å². The number of hydrogen-bond donors (Lipinski definition) is 0. The first-order valence-corrected chi connectivity index (χ1v) is 13.1. The molecule has 6 rings (SSSR count). The first-order valence-electron chi connectivity index (χ1n) is 10.1. The average molecular weight is 426 g/mol. The van der Waals surface area contributed by atoms with Gasteiger partial charge in [0.2, 0.25) is 0 Å². The first kappa shape index (κ1) is 18.1. The molecule has 30 heavy (non-hydrogen) atoms. The summed E-state index contributed by atoms with van der Waals surface area (Å²) in [5, 5.41) is 5.46. The molecule has 0 N–H and O–H groups in total. The van der Waals surface area contributed by atoms with E-state index in [4.69, 9.17) is 9.47 Å². The van der Waals surface area contributed by atoms with Crippen molar-refractivity contribution in [3.05, 3.63) is 97.1 Å². The summed E-state index contributed by atoms with van der Waals surface area (Å²) in [6.45, 7) is 0. The molecule has 0 bridgehead atoms. The third-order valence-electron chi connectivity index (χ3n) is 5.66. The van der Waals surface area contributed by atoms with Gasteiger partial charge in [0.25, 0.3) is 0 Å². The predicted molar refractivity (Wildman–Crippen MR) is 128 cm³/mol. The normalized spacial score (nSPS) is 18.9. The largest absolute Gasteiger partial charge is 0.488 e. The molecule has 0 aromatic heterocycles. The standard InChI is InChI=1S/C26H20O2P2/c1-3-9-19(10-4-1)29-17-27-23-15-7-13-21(25(23)29)22-14-8-16-24-26(22)30(18-28-24)20-11-5-2-6-12-20/h1-16H,17-18H2/t29-,30-/m0/s1. The quantitative estimate of drug-likeness (QED) is 0.433. The molecule has 0 saturated carbocycles. The smallest absolute Gasteiger partial charge is 0.128 e. The van der Waals surface area contributed by atoms with E-state index < -0.39 is 15.8 Å². The Labute approximate surface area is 179 Å². The van der Waals surface area contributed by atoms with Gasteiger partial charge in [-0.05, 0) is 49.7 Å². The van der Waals surface area contributed by atoms with E-state index >= 15 is 0 Å². The van der Waals surface area contributed by atoms with Gasteiger partial charge in [0.1, 0.15) is 24.2 Å². The molecule has 0 aliphatic carbocycles. The highest BCUT2D eigenvalue weighted by Gasteiger charge is 2.33. The topological polar surface area (TPSA) is 18.5 Å². The van der Waals surface area contributed by atoms with Crippen molar-refractivity contribution in [3.8, 4) is 22.6 Å². The van der Waals surface area contributed by atoms with Gasteiger partial charge >= 0.3 is 0 Å². The number of hydrogen-bond acceptors (Lipinski definition) is 2. The summed E-state index contributed by atoms with van der Waals surface area (Å²) in [6, 6.07) is 34.6. The van der Waals surface area contributed by atoms with E-state index in [-0.39, 0.29) is 0 Å². The van der Waals surface area contributed by atoms with Crippen molar-refractivity contribution in [1.82, 2.24) is 0 Å². The van der Waals surface area contributed by atoms with E-state index in [0.717, 1.165) is 24.2 Å². The van der Waals surface area contributed by atoms with E-state index in [1.165, 1.54) is 32.3 Å². The van der Waals surface area contributed by atoms with E-state index in [0.29, 0.717) is 0 Å². The number of fused-ring (bicyclic) bond motifs is 2. The monoisotopic (exact) mass is 426 g/mol. The van der Waals surface area contributed by atoms with Crippen LogP contribution in [-0.2, 0) is 0 Å². The van der Waals surface area contributed by atoms with Crippen molar-refractivity contribution in [1.29, 1.82) is 0 Å². The van der Waals surface area contributed by atoms with Crippen molar-refractivity contribution >= 4 is 37.1 Å². The summed E-state index contributed by atoms with van der Waals surface area (Å²) in [7, 11) is -1.06. The lowest BCUT2D eigenvalue weighted by atomic mass is 10.0. The Morgan fingerprint density at radius 3 is 1.33 bits per heavy atom. The number of rotatable bonds is 3. The lowest BCUT2D eigenvalue weighted by Gasteiger charge is -2.18. The third-order valence-corrected chi connectivity index (χ3v) is 10.3. The van der Waals surface area contributed by atoms with Gasteiger partial charge in [-0.1, -0.05) is 84.9 Å². The Morgan fingerprint density at radius 1 is 0.467 bits per heavy atom. The first-order chi connectivity index (χ1) is 14.9. The van der Waals surface area contributed by atoms with Crippen LogP contribution in [0.4, 0.5) is 0 Å². The lowest BCUT2D eigenvalue weighted by Crippen LogP contribution is -2.16. The Balaban J connectivity index is 1.53. The molecule has 2 aliphatic heterocycles. The Kier molecular flexibility index (Phi) is 4.56. The summed E-state index contributed by atoms with van der Waals surface area (Å²) in [5.74, 6) is 2.06. The van der Waals surface area contributed by atoms with Crippen molar-refractivity contribution < 1.29 is 9.47 Å². The molecular formula is C26H20O2P2. The molecule has 2 heterocycles. The molecule has 4 aromatic carbocycles. The summed E-state index contributed by atoms with van der Waals surface area (Å²) < 4.78 is 12.3. The van der Waals surface area contributed by atoms with Crippen molar-refractivity contribution in [2.45, 2.75) is 0 Å². The van der Waals surface area contributed by atoms with Crippen molar-refractivity contribution in [2.24, 2.45) is 0 Å². The van der Waals surface area contributed by atoms with E-state index in [9.17, 15) is 0 Å². The molecular weight excluding hydrogens is 406 g/mol. The van der Waals surface area contributed by atoms with Crippen LogP contribution in [0.5, 0.6) is 11.5 Å². The molecule has 0 radical (unpaired) electrons. The van der Waals surface area contributed by atoms with Crippen LogP contribution in [0.2, 0.25) is 0 Å². The molecule has 2 nitrogen and oxygen atoms in total. The highest BCUT2D eigenvalue weighted by molar-refractivity contribution is 7.74. The van der Waals surface area contributed by atoms with Crippen LogP contribution in [0, 0.1) is 0 Å². The molecule has 0 fully saturated rings.